The molecule has 0 unspecified atom stereocenters. The Hall–Kier alpha value is -1.28. The molecule has 1 aromatic rings. The van der Waals surface area contributed by atoms with Crippen molar-refractivity contribution in [1.82, 2.24) is 9.78 Å². The van der Waals surface area contributed by atoms with Crippen LogP contribution in [0.25, 0.3) is 0 Å². The summed E-state index contributed by atoms with van der Waals surface area (Å²) in [5.41, 5.74) is 0.561. The predicted molar refractivity (Wildman–Crippen MR) is 73.0 cm³/mol. The van der Waals surface area contributed by atoms with Gasteiger partial charge in [-0.25, -0.2) is 4.68 Å². The maximum absolute atomic E-state index is 11.9. The minimum Gasteiger partial charge on any atom is -0.372 e. The van der Waals surface area contributed by atoms with Gasteiger partial charge in [0.25, 0.3) is 5.56 Å². The third-order valence-corrected chi connectivity index (χ3v) is 2.83. The molecular formula is C12H16BrN3O. The predicted octanol–water partition coefficient (Wildman–Crippen LogP) is 2.10. The van der Waals surface area contributed by atoms with Gasteiger partial charge in [-0.1, -0.05) is 19.8 Å². The fraction of sp³-hybridized carbons (Fsp3) is 0.500. The van der Waals surface area contributed by atoms with E-state index in [1.165, 1.54) is 4.68 Å². The zero-order valence-corrected chi connectivity index (χ0v) is 11.8. The molecule has 17 heavy (non-hydrogen) atoms. The van der Waals surface area contributed by atoms with Gasteiger partial charge in [0.2, 0.25) is 0 Å². The van der Waals surface area contributed by atoms with Gasteiger partial charge in [0.15, 0.2) is 0 Å². The largest absolute Gasteiger partial charge is 0.372 e. The lowest BCUT2D eigenvalue weighted by atomic mass is 10.2. The Balaban J connectivity index is 2.93. The maximum atomic E-state index is 11.9. The Morgan fingerprint density at radius 3 is 2.88 bits per heavy atom. The molecule has 0 aliphatic heterocycles. The lowest BCUT2D eigenvalue weighted by molar-refractivity contribution is 0.462. The van der Waals surface area contributed by atoms with Gasteiger partial charge < -0.3 is 5.32 Å². The van der Waals surface area contributed by atoms with E-state index in [-0.39, 0.29) is 5.56 Å². The van der Waals surface area contributed by atoms with Gasteiger partial charge in [-0.05, 0) is 28.8 Å². The SMILES string of the molecule is CC#CCNc1cnn(CC(C)C)c(=O)c1Br. The van der Waals surface area contributed by atoms with Crippen LogP contribution in [0.1, 0.15) is 20.8 Å². The van der Waals surface area contributed by atoms with Crippen LogP contribution in [0.15, 0.2) is 15.5 Å². The molecule has 0 aliphatic rings. The molecule has 0 aromatic carbocycles. The van der Waals surface area contributed by atoms with E-state index in [4.69, 9.17) is 0 Å². The third kappa shape index (κ3) is 3.90. The lowest BCUT2D eigenvalue weighted by Gasteiger charge is -2.10. The van der Waals surface area contributed by atoms with Crippen LogP contribution in [0.5, 0.6) is 0 Å². The number of aromatic nitrogens is 2. The number of nitrogens with zero attached hydrogens (tertiary/aromatic N) is 2. The van der Waals surface area contributed by atoms with Crippen LogP contribution in [0.4, 0.5) is 5.69 Å². The molecule has 0 saturated carbocycles. The average Bonchev–Trinajstić information content (AvgIpc) is 2.28. The Morgan fingerprint density at radius 2 is 2.29 bits per heavy atom. The lowest BCUT2D eigenvalue weighted by Crippen LogP contribution is -2.26. The van der Waals surface area contributed by atoms with Crippen LogP contribution >= 0.6 is 15.9 Å². The Kier molecular flexibility index (Phi) is 5.23. The van der Waals surface area contributed by atoms with E-state index in [1.54, 1.807) is 13.1 Å². The number of nitrogens with one attached hydrogen (secondary N) is 1. The summed E-state index contributed by atoms with van der Waals surface area (Å²) in [5, 5.41) is 7.16. The molecule has 0 radical (unpaired) electrons. The number of rotatable bonds is 4. The quantitative estimate of drug-likeness (QED) is 0.866. The van der Waals surface area contributed by atoms with Gasteiger partial charge in [0, 0.05) is 6.54 Å². The standard InChI is InChI=1S/C12H16BrN3O/c1-4-5-6-14-10-7-15-16(8-9(2)3)12(17)11(10)13/h7,9,14H,6,8H2,1-3H3. The zero-order chi connectivity index (χ0) is 12.8. The molecule has 4 nitrogen and oxygen atoms in total. The summed E-state index contributed by atoms with van der Waals surface area (Å²) in [7, 11) is 0. The van der Waals surface area contributed by atoms with Crippen LogP contribution in [-0.4, -0.2) is 16.3 Å². The minimum absolute atomic E-state index is 0.117. The van der Waals surface area contributed by atoms with Crippen molar-refractivity contribution in [3.05, 3.63) is 21.0 Å². The fourth-order valence-electron chi connectivity index (χ4n) is 1.29. The van der Waals surface area contributed by atoms with E-state index < -0.39 is 0 Å². The molecule has 0 aliphatic carbocycles. The van der Waals surface area contributed by atoms with Crippen LogP contribution < -0.4 is 10.9 Å². The average molecular weight is 298 g/mol. The Labute approximate surface area is 110 Å². The second-order valence-electron chi connectivity index (χ2n) is 4.03. The summed E-state index contributed by atoms with van der Waals surface area (Å²) in [6.07, 6.45) is 1.64. The van der Waals surface area contributed by atoms with Crippen LogP contribution in [0.3, 0.4) is 0 Å². The van der Waals surface area contributed by atoms with E-state index in [2.05, 4.69) is 38.2 Å². The summed E-state index contributed by atoms with van der Waals surface area (Å²) >= 11 is 3.29. The van der Waals surface area contributed by atoms with Gasteiger partial charge in [0.1, 0.15) is 4.47 Å². The van der Waals surface area contributed by atoms with Crippen molar-refractivity contribution >= 4 is 21.6 Å². The highest BCUT2D eigenvalue weighted by molar-refractivity contribution is 9.10. The fourth-order valence-corrected chi connectivity index (χ4v) is 1.74. The molecule has 0 saturated heterocycles. The second-order valence-corrected chi connectivity index (χ2v) is 4.83. The first-order valence-electron chi connectivity index (χ1n) is 5.45. The first kappa shape index (κ1) is 13.8. The van der Waals surface area contributed by atoms with Crippen molar-refractivity contribution < 1.29 is 0 Å². The highest BCUT2D eigenvalue weighted by Gasteiger charge is 2.08. The van der Waals surface area contributed by atoms with Crippen LogP contribution in [0, 0.1) is 17.8 Å². The van der Waals surface area contributed by atoms with E-state index in [9.17, 15) is 4.79 Å². The van der Waals surface area contributed by atoms with Crippen molar-refractivity contribution in [3.8, 4) is 11.8 Å². The molecule has 1 rings (SSSR count). The van der Waals surface area contributed by atoms with Crippen molar-refractivity contribution in [3.63, 3.8) is 0 Å². The van der Waals surface area contributed by atoms with Gasteiger partial charge in [-0.2, -0.15) is 5.10 Å². The molecule has 0 spiro atoms. The topological polar surface area (TPSA) is 46.9 Å². The molecular weight excluding hydrogens is 282 g/mol. The summed E-state index contributed by atoms with van der Waals surface area (Å²) < 4.78 is 1.97. The summed E-state index contributed by atoms with van der Waals surface area (Å²) in [5.74, 6) is 6.04. The summed E-state index contributed by atoms with van der Waals surface area (Å²) in [6, 6.07) is 0. The van der Waals surface area contributed by atoms with Crippen molar-refractivity contribution in [1.29, 1.82) is 0 Å². The van der Waals surface area contributed by atoms with E-state index in [0.717, 1.165) is 0 Å². The molecule has 5 heteroatoms. The molecule has 0 bridgehead atoms. The smallest absolute Gasteiger partial charge is 0.283 e. The Morgan fingerprint density at radius 1 is 1.59 bits per heavy atom. The summed E-state index contributed by atoms with van der Waals surface area (Å²) in [4.78, 5) is 11.9. The molecule has 1 aromatic heterocycles. The molecule has 0 amide bonds. The Bertz CT molecular complexity index is 497. The van der Waals surface area contributed by atoms with Gasteiger partial charge in [-0.3, -0.25) is 4.79 Å². The van der Waals surface area contributed by atoms with E-state index in [0.29, 0.717) is 29.2 Å². The van der Waals surface area contributed by atoms with Crippen molar-refractivity contribution in [2.75, 3.05) is 11.9 Å². The third-order valence-electron chi connectivity index (χ3n) is 2.07. The molecule has 1 heterocycles. The van der Waals surface area contributed by atoms with E-state index in [1.807, 2.05) is 13.8 Å². The first-order valence-corrected chi connectivity index (χ1v) is 6.24. The molecule has 0 atom stereocenters. The van der Waals surface area contributed by atoms with Gasteiger partial charge in [-0.15, -0.1) is 5.92 Å². The monoisotopic (exact) mass is 297 g/mol. The maximum Gasteiger partial charge on any atom is 0.283 e. The number of hydrogen-bond donors (Lipinski definition) is 1. The molecule has 92 valence electrons. The highest BCUT2D eigenvalue weighted by atomic mass is 79.9. The van der Waals surface area contributed by atoms with Gasteiger partial charge in [0.05, 0.1) is 18.4 Å². The number of halogens is 1. The number of hydrogen-bond acceptors (Lipinski definition) is 3. The first-order chi connectivity index (χ1) is 8.06. The normalized spacial score (nSPS) is 9.94. The van der Waals surface area contributed by atoms with Crippen molar-refractivity contribution in [2.24, 2.45) is 5.92 Å². The van der Waals surface area contributed by atoms with Crippen molar-refractivity contribution in [2.45, 2.75) is 27.3 Å². The van der Waals surface area contributed by atoms with Crippen LogP contribution in [0.2, 0.25) is 0 Å². The zero-order valence-electron chi connectivity index (χ0n) is 10.2. The second kappa shape index (κ2) is 6.45. The number of anilines is 1. The highest BCUT2D eigenvalue weighted by Crippen LogP contribution is 2.15. The van der Waals surface area contributed by atoms with Crippen LogP contribution in [-0.2, 0) is 6.54 Å². The molecule has 1 N–H and O–H groups in total. The van der Waals surface area contributed by atoms with E-state index >= 15 is 0 Å². The minimum atomic E-state index is -0.117. The molecule has 0 fully saturated rings. The summed E-state index contributed by atoms with van der Waals surface area (Å²) in [6.45, 7) is 6.99. The van der Waals surface area contributed by atoms with Gasteiger partial charge >= 0.3 is 0 Å².